The monoisotopic (exact) mass is 390 g/mol. The van der Waals surface area contributed by atoms with Crippen molar-refractivity contribution in [1.82, 2.24) is 20.3 Å². The molecule has 29 heavy (non-hydrogen) atoms. The highest BCUT2D eigenvalue weighted by Crippen LogP contribution is 2.25. The van der Waals surface area contributed by atoms with Crippen LogP contribution < -0.4 is 16.0 Å². The van der Waals surface area contributed by atoms with E-state index in [2.05, 4.69) is 32.8 Å². The molecule has 7 nitrogen and oxygen atoms in total. The lowest BCUT2D eigenvalue weighted by atomic mass is 10.1. The molecule has 0 aliphatic heterocycles. The van der Waals surface area contributed by atoms with Crippen molar-refractivity contribution in [1.29, 1.82) is 0 Å². The number of carbonyl (C=O) groups is 1. The Morgan fingerprint density at radius 2 is 2.00 bits per heavy atom. The van der Waals surface area contributed by atoms with Crippen LogP contribution in [0.15, 0.2) is 55.0 Å². The van der Waals surface area contributed by atoms with Gasteiger partial charge >= 0.3 is 6.03 Å². The topological polar surface area (TPSA) is 91.8 Å². The van der Waals surface area contributed by atoms with E-state index in [1.54, 1.807) is 18.6 Å². The number of anilines is 2. The van der Waals surface area contributed by atoms with Crippen LogP contribution >= 0.6 is 0 Å². The molecule has 0 aliphatic rings. The quantitative estimate of drug-likeness (QED) is 0.550. The maximum atomic E-state index is 11.8. The van der Waals surface area contributed by atoms with Gasteiger partial charge in [0.15, 0.2) is 0 Å². The number of aryl methyl sites for hydroxylation is 1. The van der Waals surface area contributed by atoms with E-state index in [-0.39, 0.29) is 12.1 Å². The lowest BCUT2D eigenvalue weighted by Gasteiger charge is -2.17. The summed E-state index contributed by atoms with van der Waals surface area (Å²) in [7, 11) is 0. The third-order valence-corrected chi connectivity index (χ3v) is 4.52. The summed E-state index contributed by atoms with van der Waals surface area (Å²) in [6.45, 7) is 6.52. The predicted molar refractivity (Wildman–Crippen MR) is 116 cm³/mol. The molecule has 0 saturated carbocycles. The Kier molecular flexibility index (Phi) is 6.73. The number of hydrogen-bond donors (Lipinski definition) is 3. The molecule has 0 radical (unpaired) electrons. The Hall–Kier alpha value is -3.48. The van der Waals surface area contributed by atoms with Gasteiger partial charge in [0.1, 0.15) is 5.82 Å². The van der Waals surface area contributed by atoms with Crippen molar-refractivity contribution in [3.05, 3.63) is 66.2 Å². The highest BCUT2D eigenvalue weighted by molar-refractivity contribution is 5.90. The van der Waals surface area contributed by atoms with Gasteiger partial charge in [-0.15, -0.1) is 0 Å². The van der Waals surface area contributed by atoms with E-state index >= 15 is 0 Å². The minimum Gasteiger partial charge on any atom is -0.360 e. The molecule has 1 aromatic carbocycles. The smallest absolute Gasteiger partial charge is 0.319 e. The lowest BCUT2D eigenvalue weighted by Crippen LogP contribution is -2.28. The number of carbonyl (C=O) groups excluding carboxylic acids is 1. The van der Waals surface area contributed by atoms with Gasteiger partial charge in [-0.2, -0.15) is 0 Å². The van der Waals surface area contributed by atoms with Crippen LogP contribution in [0.25, 0.3) is 11.3 Å². The van der Waals surface area contributed by atoms with Gasteiger partial charge in [0.25, 0.3) is 0 Å². The fraction of sp³-hybridized carbons (Fsp3) is 0.273. The van der Waals surface area contributed by atoms with Gasteiger partial charge in [0, 0.05) is 24.0 Å². The van der Waals surface area contributed by atoms with Crippen molar-refractivity contribution >= 4 is 17.5 Å². The highest BCUT2D eigenvalue weighted by Gasteiger charge is 2.12. The average molecular weight is 390 g/mol. The number of benzene rings is 1. The maximum absolute atomic E-state index is 11.8. The molecule has 0 saturated heterocycles. The van der Waals surface area contributed by atoms with Crippen molar-refractivity contribution < 1.29 is 4.79 Å². The number of rotatable bonds is 7. The first-order valence-electron chi connectivity index (χ1n) is 9.76. The fourth-order valence-corrected chi connectivity index (χ4v) is 3.01. The largest absolute Gasteiger partial charge is 0.360 e. The second-order valence-electron chi connectivity index (χ2n) is 6.66. The van der Waals surface area contributed by atoms with Gasteiger partial charge < -0.3 is 16.0 Å². The number of aromatic nitrogens is 3. The van der Waals surface area contributed by atoms with Crippen molar-refractivity contribution in [3.63, 3.8) is 0 Å². The summed E-state index contributed by atoms with van der Waals surface area (Å²) < 4.78 is 0. The van der Waals surface area contributed by atoms with Crippen LogP contribution in [0.4, 0.5) is 16.3 Å². The van der Waals surface area contributed by atoms with Crippen molar-refractivity contribution in [3.8, 4) is 11.3 Å². The van der Waals surface area contributed by atoms with Gasteiger partial charge in [0.2, 0.25) is 0 Å². The Morgan fingerprint density at radius 1 is 1.14 bits per heavy atom. The van der Waals surface area contributed by atoms with Crippen LogP contribution in [0.5, 0.6) is 0 Å². The highest BCUT2D eigenvalue weighted by atomic mass is 16.2. The summed E-state index contributed by atoms with van der Waals surface area (Å²) in [6.07, 6.45) is 6.12. The van der Waals surface area contributed by atoms with Crippen LogP contribution in [0.3, 0.4) is 0 Å². The van der Waals surface area contributed by atoms with E-state index in [9.17, 15) is 4.79 Å². The first kappa shape index (κ1) is 20.3. The molecule has 2 heterocycles. The molecule has 0 spiro atoms. The third kappa shape index (κ3) is 5.28. The van der Waals surface area contributed by atoms with Crippen molar-refractivity contribution in [2.24, 2.45) is 0 Å². The van der Waals surface area contributed by atoms with E-state index in [1.807, 2.05) is 50.2 Å². The standard InChI is InChI=1S/C22H26N6O/c1-4-17(19-8-6-7-11-25-19)26-21-14-23-13-20(27-21)16-9-10-18(15(3)12-16)28-22(29)24-5-2/h6-14,17H,4-5H2,1-3H3,(H,26,27)(H2,24,28,29). The van der Waals surface area contributed by atoms with Gasteiger partial charge in [-0.25, -0.2) is 9.78 Å². The summed E-state index contributed by atoms with van der Waals surface area (Å²) in [5, 5.41) is 8.99. The van der Waals surface area contributed by atoms with E-state index in [1.165, 1.54) is 0 Å². The van der Waals surface area contributed by atoms with Gasteiger partial charge in [-0.05, 0) is 50.1 Å². The predicted octanol–water partition coefficient (Wildman–Crippen LogP) is 4.55. The van der Waals surface area contributed by atoms with Crippen LogP contribution in [-0.2, 0) is 0 Å². The molecular formula is C22H26N6O. The average Bonchev–Trinajstić information content (AvgIpc) is 2.74. The molecule has 7 heteroatoms. The summed E-state index contributed by atoms with van der Waals surface area (Å²) in [5.74, 6) is 0.696. The van der Waals surface area contributed by atoms with Gasteiger partial charge in [-0.3, -0.25) is 9.97 Å². The number of hydrogen-bond acceptors (Lipinski definition) is 5. The molecule has 3 N–H and O–H groups in total. The van der Waals surface area contributed by atoms with Gasteiger partial charge in [0.05, 0.1) is 29.8 Å². The first-order chi connectivity index (χ1) is 14.1. The number of nitrogens with one attached hydrogen (secondary N) is 3. The molecule has 150 valence electrons. The molecule has 3 rings (SSSR count). The number of amides is 2. The Morgan fingerprint density at radius 3 is 2.69 bits per heavy atom. The molecular weight excluding hydrogens is 364 g/mol. The number of nitrogens with zero attached hydrogens (tertiary/aromatic N) is 3. The zero-order valence-electron chi connectivity index (χ0n) is 16.9. The minimum atomic E-state index is -0.213. The van der Waals surface area contributed by atoms with Crippen LogP contribution in [0, 0.1) is 6.92 Å². The van der Waals surface area contributed by atoms with E-state index in [0.29, 0.717) is 12.4 Å². The summed E-state index contributed by atoms with van der Waals surface area (Å²) in [4.78, 5) is 25.2. The maximum Gasteiger partial charge on any atom is 0.319 e. The Balaban J connectivity index is 1.78. The normalized spacial score (nSPS) is 11.6. The minimum absolute atomic E-state index is 0.0612. The number of urea groups is 1. The molecule has 1 atom stereocenters. The lowest BCUT2D eigenvalue weighted by molar-refractivity contribution is 0.252. The molecule has 0 aliphatic carbocycles. The van der Waals surface area contributed by atoms with Crippen LogP contribution in [0.1, 0.15) is 37.6 Å². The van der Waals surface area contributed by atoms with Crippen LogP contribution in [-0.4, -0.2) is 27.5 Å². The number of pyridine rings is 1. The summed E-state index contributed by atoms with van der Waals surface area (Å²) >= 11 is 0. The van der Waals surface area contributed by atoms with Crippen molar-refractivity contribution in [2.75, 3.05) is 17.2 Å². The zero-order valence-corrected chi connectivity index (χ0v) is 16.9. The molecule has 2 amide bonds. The van der Waals surface area contributed by atoms with Crippen LogP contribution in [0.2, 0.25) is 0 Å². The molecule has 1 unspecified atom stereocenters. The second kappa shape index (κ2) is 9.64. The molecule has 0 fully saturated rings. The molecule has 0 bridgehead atoms. The van der Waals surface area contributed by atoms with E-state index in [4.69, 9.17) is 4.98 Å². The summed E-state index contributed by atoms with van der Waals surface area (Å²) in [5.41, 5.74) is 4.39. The second-order valence-corrected chi connectivity index (χ2v) is 6.66. The van der Waals surface area contributed by atoms with Gasteiger partial charge in [-0.1, -0.05) is 19.1 Å². The SMILES string of the molecule is CCNC(=O)Nc1ccc(-c2cncc(NC(CC)c3ccccn3)n2)cc1C. The first-order valence-corrected chi connectivity index (χ1v) is 9.76. The fourth-order valence-electron chi connectivity index (χ4n) is 3.01. The molecule has 3 aromatic rings. The van der Waals surface area contributed by atoms with E-state index in [0.717, 1.165) is 34.6 Å². The van der Waals surface area contributed by atoms with E-state index < -0.39 is 0 Å². The third-order valence-electron chi connectivity index (χ3n) is 4.52. The Bertz CT molecular complexity index is 961. The zero-order chi connectivity index (χ0) is 20.6. The summed E-state index contributed by atoms with van der Waals surface area (Å²) in [6, 6.07) is 11.5. The van der Waals surface area contributed by atoms with Crippen molar-refractivity contribution in [2.45, 2.75) is 33.2 Å². The Labute approximate surface area is 171 Å². The molecule has 2 aromatic heterocycles.